The van der Waals surface area contributed by atoms with Crippen LogP contribution in [0.1, 0.15) is 38.6 Å². The number of nitrogens with one attached hydrogen (secondary N) is 1. The van der Waals surface area contributed by atoms with E-state index in [0.29, 0.717) is 0 Å². The SMILES string of the molecule is CCn1nc(C)c(Cl)c1CC(C)(CC)CNCCOC. The molecule has 0 aromatic carbocycles. The lowest BCUT2D eigenvalue weighted by molar-refractivity contribution is 0.190. The summed E-state index contributed by atoms with van der Waals surface area (Å²) >= 11 is 6.42. The van der Waals surface area contributed by atoms with Crippen LogP contribution < -0.4 is 5.32 Å². The highest BCUT2D eigenvalue weighted by Gasteiger charge is 2.26. The summed E-state index contributed by atoms with van der Waals surface area (Å²) in [4.78, 5) is 0. The molecule has 5 heteroatoms. The van der Waals surface area contributed by atoms with E-state index in [-0.39, 0.29) is 5.41 Å². The van der Waals surface area contributed by atoms with E-state index in [1.807, 2.05) is 11.6 Å². The summed E-state index contributed by atoms with van der Waals surface area (Å²) in [6.07, 6.45) is 2.04. The molecular weight excluding hydrogens is 274 g/mol. The average molecular weight is 302 g/mol. The summed E-state index contributed by atoms with van der Waals surface area (Å²) in [5.74, 6) is 0. The first-order chi connectivity index (χ1) is 9.47. The highest BCUT2D eigenvalue weighted by atomic mass is 35.5. The number of aryl methyl sites for hydroxylation is 2. The monoisotopic (exact) mass is 301 g/mol. The smallest absolute Gasteiger partial charge is 0.0847 e. The van der Waals surface area contributed by atoms with Gasteiger partial charge in [-0.3, -0.25) is 4.68 Å². The van der Waals surface area contributed by atoms with E-state index < -0.39 is 0 Å². The van der Waals surface area contributed by atoms with E-state index in [2.05, 4.69) is 31.2 Å². The summed E-state index contributed by atoms with van der Waals surface area (Å²) < 4.78 is 7.10. The van der Waals surface area contributed by atoms with Gasteiger partial charge in [0.1, 0.15) is 0 Å². The van der Waals surface area contributed by atoms with Crippen molar-refractivity contribution in [2.45, 2.75) is 47.1 Å². The number of ether oxygens (including phenoxy) is 1. The zero-order chi connectivity index (χ0) is 15.2. The molecule has 0 aliphatic heterocycles. The highest BCUT2D eigenvalue weighted by Crippen LogP contribution is 2.30. The molecular formula is C15H28ClN3O. The fourth-order valence-electron chi connectivity index (χ4n) is 2.32. The largest absolute Gasteiger partial charge is 0.383 e. The standard InChI is InChI=1S/C15H28ClN3O/c1-6-15(4,11-17-8-9-20-5)10-13-14(16)12(3)18-19(13)7-2/h17H,6-11H2,1-5H3. The third-order valence-corrected chi connectivity index (χ3v) is 4.43. The van der Waals surface area contributed by atoms with Crippen LogP contribution in [0.5, 0.6) is 0 Å². The molecule has 0 aliphatic carbocycles. The Bertz CT molecular complexity index is 419. The van der Waals surface area contributed by atoms with E-state index in [1.54, 1.807) is 7.11 Å². The van der Waals surface area contributed by atoms with E-state index in [4.69, 9.17) is 16.3 Å². The molecule has 0 radical (unpaired) electrons. The molecule has 0 bridgehead atoms. The van der Waals surface area contributed by atoms with Crippen molar-refractivity contribution in [3.8, 4) is 0 Å². The minimum atomic E-state index is 0.177. The zero-order valence-corrected chi connectivity index (χ0v) is 14.2. The van der Waals surface area contributed by atoms with Crippen molar-refractivity contribution in [3.05, 3.63) is 16.4 Å². The van der Waals surface area contributed by atoms with E-state index in [0.717, 1.165) is 55.5 Å². The van der Waals surface area contributed by atoms with Gasteiger partial charge in [0.05, 0.1) is 23.0 Å². The summed E-state index contributed by atoms with van der Waals surface area (Å²) in [6, 6.07) is 0. The molecule has 0 fully saturated rings. The van der Waals surface area contributed by atoms with Gasteiger partial charge in [-0.2, -0.15) is 5.10 Å². The van der Waals surface area contributed by atoms with Gasteiger partial charge in [0.15, 0.2) is 0 Å². The Balaban J connectivity index is 2.76. The third-order valence-electron chi connectivity index (χ3n) is 3.94. The quantitative estimate of drug-likeness (QED) is 0.713. The van der Waals surface area contributed by atoms with Gasteiger partial charge >= 0.3 is 0 Å². The molecule has 1 atom stereocenters. The Labute approximate surface area is 127 Å². The molecule has 0 saturated carbocycles. The number of halogens is 1. The van der Waals surface area contributed by atoms with Gasteiger partial charge in [-0.15, -0.1) is 0 Å². The van der Waals surface area contributed by atoms with Crippen LogP contribution in [0.15, 0.2) is 0 Å². The van der Waals surface area contributed by atoms with Gasteiger partial charge in [-0.25, -0.2) is 0 Å². The fourth-order valence-corrected chi connectivity index (χ4v) is 2.52. The second-order valence-electron chi connectivity index (χ2n) is 5.67. The third kappa shape index (κ3) is 4.47. The van der Waals surface area contributed by atoms with Crippen molar-refractivity contribution in [3.63, 3.8) is 0 Å². The molecule has 1 N–H and O–H groups in total. The number of methoxy groups -OCH3 is 1. The fraction of sp³-hybridized carbons (Fsp3) is 0.800. The Morgan fingerprint density at radius 2 is 2.10 bits per heavy atom. The minimum absolute atomic E-state index is 0.177. The molecule has 1 aromatic rings. The lowest BCUT2D eigenvalue weighted by atomic mass is 9.82. The molecule has 0 saturated heterocycles. The number of hydrogen-bond acceptors (Lipinski definition) is 3. The summed E-state index contributed by atoms with van der Waals surface area (Å²) in [5, 5.41) is 8.79. The van der Waals surface area contributed by atoms with Crippen molar-refractivity contribution < 1.29 is 4.74 Å². The van der Waals surface area contributed by atoms with Crippen LogP contribution in [0.4, 0.5) is 0 Å². The van der Waals surface area contributed by atoms with E-state index in [9.17, 15) is 0 Å². The second kappa shape index (κ2) is 8.01. The number of hydrogen-bond donors (Lipinski definition) is 1. The average Bonchev–Trinajstić information content (AvgIpc) is 2.71. The Morgan fingerprint density at radius 1 is 1.40 bits per heavy atom. The maximum atomic E-state index is 6.42. The highest BCUT2D eigenvalue weighted by molar-refractivity contribution is 6.31. The zero-order valence-electron chi connectivity index (χ0n) is 13.4. The second-order valence-corrected chi connectivity index (χ2v) is 6.05. The topological polar surface area (TPSA) is 39.1 Å². The van der Waals surface area contributed by atoms with Crippen LogP contribution in [0, 0.1) is 12.3 Å². The van der Waals surface area contributed by atoms with Crippen molar-refractivity contribution in [2.24, 2.45) is 5.41 Å². The van der Waals surface area contributed by atoms with E-state index >= 15 is 0 Å². The number of aromatic nitrogens is 2. The van der Waals surface area contributed by atoms with Crippen LogP contribution in [-0.2, 0) is 17.7 Å². The summed E-state index contributed by atoms with van der Waals surface area (Å²) in [6.45, 7) is 12.0. The van der Waals surface area contributed by atoms with Crippen molar-refractivity contribution in [1.29, 1.82) is 0 Å². The predicted octanol–water partition coefficient (Wildman–Crippen LogP) is 3.06. The number of nitrogens with zero attached hydrogens (tertiary/aromatic N) is 2. The van der Waals surface area contributed by atoms with Crippen LogP contribution in [0.25, 0.3) is 0 Å². The van der Waals surface area contributed by atoms with Gasteiger partial charge in [-0.05, 0) is 32.1 Å². The molecule has 1 unspecified atom stereocenters. The maximum Gasteiger partial charge on any atom is 0.0847 e. The molecule has 20 heavy (non-hydrogen) atoms. The Hall–Kier alpha value is -0.580. The first kappa shape index (κ1) is 17.5. The van der Waals surface area contributed by atoms with Gasteiger partial charge in [0.25, 0.3) is 0 Å². The Morgan fingerprint density at radius 3 is 2.65 bits per heavy atom. The summed E-state index contributed by atoms with van der Waals surface area (Å²) in [7, 11) is 1.73. The van der Waals surface area contributed by atoms with Crippen molar-refractivity contribution in [2.75, 3.05) is 26.8 Å². The number of rotatable bonds is 9. The van der Waals surface area contributed by atoms with Gasteiger partial charge in [0.2, 0.25) is 0 Å². The lowest BCUT2D eigenvalue weighted by Gasteiger charge is -2.29. The van der Waals surface area contributed by atoms with Crippen LogP contribution in [0.3, 0.4) is 0 Å². The minimum Gasteiger partial charge on any atom is -0.383 e. The molecule has 0 aliphatic rings. The molecule has 0 amide bonds. The molecule has 116 valence electrons. The van der Waals surface area contributed by atoms with Gasteiger partial charge in [-0.1, -0.05) is 25.4 Å². The van der Waals surface area contributed by atoms with Crippen LogP contribution in [-0.4, -0.2) is 36.6 Å². The predicted molar refractivity (Wildman–Crippen MR) is 84.5 cm³/mol. The first-order valence-corrected chi connectivity index (χ1v) is 7.76. The molecule has 1 rings (SSSR count). The molecule has 1 heterocycles. The molecule has 0 spiro atoms. The van der Waals surface area contributed by atoms with Crippen LogP contribution >= 0.6 is 11.6 Å². The van der Waals surface area contributed by atoms with Crippen molar-refractivity contribution in [1.82, 2.24) is 15.1 Å². The van der Waals surface area contributed by atoms with E-state index in [1.165, 1.54) is 0 Å². The first-order valence-electron chi connectivity index (χ1n) is 7.38. The van der Waals surface area contributed by atoms with Gasteiger partial charge < -0.3 is 10.1 Å². The lowest BCUT2D eigenvalue weighted by Crippen LogP contribution is -2.35. The molecule has 1 aromatic heterocycles. The van der Waals surface area contributed by atoms with Crippen molar-refractivity contribution >= 4 is 11.6 Å². The van der Waals surface area contributed by atoms with Gasteiger partial charge in [0, 0.05) is 26.7 Å². The van der Waals surface area contributed by atoms with Crippen LogP contribution in [0.2, 0.25) is 5.02 Å². The normalized spacial score (nSPS) is 14.5. The summed E-state index contributed by atoms with van der Waals surface area (Å²) in [5.41, 5.74) is 2.26. The Kier molecular flexibility index (Phi) is 7.00. The molecule has 4 nitrogen and oxygen atoms in total. The maximum absolute atomic E-state index is 6.42.